The third-order valence-electron chi connectivity index (χ3n) is 12.9. The Morgan fingerprint density at radius 3 is 1.34 bits per heavy atom. The number of hydrogen-bond donors (Lipinski definition) is 0. The van der Waals surface area contributed by atoms with Crippen molar-refractivity contribution in [3.8, 4) is 22.3 Å². The SMILES string of the molecule is c1ccc([Si](c2ccccc2)(c2ccccc2)c2ccc(-c3ccc(N(c4ccc(-c5ccc6oc7ccccc7c6c5)cc4)c4ccc5sc6ccccc6c5c4)cc3)cc2)cc1. The number of fused-ring (bicyclic) bond motifs is 6. The molecule has 0 aliphatic rings. The number of thiophene rings is 1. The molecule has 0 bridgehead atoms. The Balaban J connectivity index is 0.929. The second-order valence-electron chi connectivity index (χ2n) is 16.4. The van der Waals surface area contributed by atoms with Gasteiger partial charge >= 0.3 is 0 Å². The molecule has 4 heteroatoms. The highest BCUT2D eigenvalue weighted by atomic mass is 32.1. The Kier molecular flexibility index (Phi) is 9.40. The molecule has 0 spiro atoms. The standard InChI is InChI=1S/C60H41NOSSi/c1-4-14-49(15-5-1)64(50-16-6-2-7-17-50,51-18-8-3-9-19-51)52-36-28-43(29-37-52)42-24-31-46(32-25-42)61(48-35-39-60-56(41-48)54-21-11-13-23-59(54)63-60)47-33-26-44(27-34-47)45-30-38-58-55(40-45)53-20-10-12-22-57(53)62-58/h1-41H. The molecule has 10 aromatic carbocycles. The van der Waals surface area contributed by atoms with Crippen LogP contribution in [-0.4, -0.2) is 8.07 Å². The summed E-state index contributed by atoms with van der Waals surface area (Å²) in [6, 6.07) is 91.2. The molecular formula is C60H41NOSSi. The molecule has 0 unspecified atom stereocenters. The smallest absolute Gasteiger partial charge is 0.179 e. The summed E-state index contributed by atoms with van der Waals surface area (Å²) in [4.78, 5) is 2.38. The van der Waals surface area contributed by atoms with Crippen molar-refractivity contribution < 1.29 is 4.42 Å². The molecule has 0 saturated heterocycles. The summed E-state index contributed by atoms with van der Waals surface area (Å²) in [6.07, 6.45) is 0. The van der Waals surface area contributed by atoms with Gasteiger partial charge in [-0.25, -0.2) is 0 Å². The summed E-state index contributed by atoms with van der Waals surface area (Å²) < 4.78 is 8.74. The van der Waals surface area contributed by atoms with Gasteiger partial charge in [0, 0.05) is 48.0 Å². The van der Waals surface area contributed by atoms with Crippen LogP contribution in [0.15, 0.2) is 253 Å². The van der Waals surface area contributed by atoms with Crippen LogP contribution in [0.5, 0.6) is 0 Å². The maximum atomic E-state index is 6.14. The van der Waals surface area contributed by atoms with Gasteiger partial charge in [0.2, 0.25) is 0 Å². The first-order valence-electron chi connectivity index (χ1n) is 21.8. The van der Waals surface area contributed by atoms with Crippen LogP contribution < -0.4 is 25.6 Å². The number of hydrogen-bond acceptors (Lipinski definition) is 3. The second kappa shape index (κ2) is 15.9. The highest BCUT2D eigenvalue weighted by Gasteiger charge is 2.41. The van der Waals surface area contributed by atoms with E-state index in [4.69, 9.17) is 4.42 Å². The summed E-state index contributed by atoms with van der Waals surface area (Å²) in [5.41, 5.74) is 9.83. The van der Waals surface area contributed by atoms with E-state index in [1.165, 1.54) is 52.0 Å². The van der Waals surface area contributed by atoms with Crippen LogP contribution in [0.4, 0.5) is 17.1 Å². The molecule has 12 rings (SSSR count). The van der Waals surface area contributed by atoms with Gasteiger partial charge in [-0.1, -0.05) is 182 Å². The predicted octanol–water partition coefficient (Wildman–Crippen LogP) is 14.1. The lowest BCUT2D eigenvalue weighted by molar-refractivity contribution is 0.669. The van der Waals surface area contributed by atoms with E-state index in [-0.39, 0.29) is 0 Å². The summed E-state index contributed by atoms with van der Waals surface area (Å²) >= 11 is 1.85. The predicted molar refractivity (Wildman–Crippen MR) is 276 cm³/mol. The minimum Gasteiger partial charge on any atom is -0.456 e. The largest absolute Gasteiger partial charge is 0.456 e. The van der Waals surface area contributed by atoms with Gasteiger partial charge in [0.1, 0.15) is 11.2 Å². The van der Waals surface area contributed by atoms with Crippen LogP contribution in [-0.2, 0) is 0 Å². The highest BCUT2D eigenvalue weighted by Crippen LogP contribution is 2.42. The molecule has 0 amide bonds. The number of nitrogens with zero attached hydrogens (tertiary/aromatic N) is 1. The van der Waals surface area contributed by atoms with Gasteiger partial charge in [-0.05, 0) is 110 Å². The first kappa shape index (κ1) is 38.0. The normalized spacial score (nSPS) is 11.8. The van der Waals surface area contributed by atoms with Crippen molar-refractivity contribution in [2.45, 2.75) is 0 Å². The van der Waals surface area contributed by atoms with Gasteiger partial charge in [-0.15, -0.1) is 11.3 Å². The minimum atomic E-state index is -2.61. The Hall–Kier alpha value is -7.76. The molecular weight excluding hydrogens is 811 g/mol. The second-order valence-corrected chi connectivity index (χ2v) is 21.3. The molecule has 12 aromatic rings. The maximum Gasteiger partial charge on any atom is 0.179 e. The average Bonchev–Trinajstić information content (AvgIpc) is 3.94. The van der Waals surface area contributed by atoms with E-state index >= 15 is 0 Å². The minimum absolute atomic E-state index is 0.907. The molecule has 2 heterocycles. The Bertz CT molecular complexity index is 3480. The van der Waals surface area contributed by atoms with E-state index in [9.17, 15) is 0 Å². The molecule has 0 atom stereocenters. The molecule has 0 aliphatic carbocycles. The van der Waals surface area contributed by atoms with E-state index in [2.05, 4.69) is 241 Å². The molecule has 64 heavy (non-hydrogen) atoms. The van der Waals surface area contributed by atoms with Crippen LogP contribution in [0, 0.1) is 0 Å². The van der Waals surface area contributed by atoms with Gasteiger partial charge in [0.25, 0.3) is 0 Å². The van der Waals surface area contributed by atoms with Crippen molar-refractivity contribution in [3.05, 3.63) is 249 Å². The number of para-hydroxylation sites is 1. The van der Waals surface area contributed by atoms with Gasteiger partial charge in [0.15, 0.2) is 8.07 Å². The molecule has 0 radical (unpaired) electrons. The fourth-order valence-electron chi connectivity index (χ4n) is 9.79. The average molecular weight is 852 g/mol. The fraction of sp³-hybridized carbons (Fsp3) is 0. The van der Waals surface area contributed by atoms with E-state index in [1.807, 2.05) is 23.5 Å². The summed E-state index contributed by atoms with van der Waals surface area (Å²) in [7, 11) is -2.61. The lowest BCUT2D eigenvalue weighted by Gasteiger charge is -2.34. The zero-order chi connectivity index (χ0) is 42.5. The van der Waals surface area contributed by atoms with E-state index in [0.717, 1.165) is 50.1 Å². The number of rotatable bonds is 9. The number of anilines is 3. The van der Waals surface area contributed by atoms with Crippen LogP contribution in [0.3, 0.4) is 0 Å². The van der Waals surface area contributed by atoms with Crippen LogP contribution in [0.25, 0.3) is 64.4 Å². The molecule has 2 nitrogen and oxygen atoms in total. The van der Waals surface area contributed by atoms with Crippen molar-refractivity contribution in [2.24, 2.45) is 0 Å². The zero-order valence-electron chi connectivity index (χ0n) is 34.9. The number of furan rings is 1. The van der Waals surface area contributed by atoms with E-state index in [0.29, 0.717) is 0 Å². The third-order valence-corrected chi connectivity index (χ3v) is 18.8. The Labute approximate surface area is 377 Å². The van der Waals surface area contributed by atoms with Crippen molar-refractivity contribution >= 4 is 99.3 Å². The number of benzene rings is 10. The van der Waals surface area contributed by atoms with Gasteiger partial charge < -0.3 is 9.32 Å². The first-order valence-corrected chi connectivity index (χ1v) is 24.6. The summed E-state index contributed by atoms with van der Waals surface area (Å²) in [6.45, 7) is 0. The van der Waals surface area contributed by atoms with Crippen LogP contribution in [0.1, 0.15) is 0 Å². The summed E-state index contributed by atoms with van der Waals surface area (Å²) in [5.74, 6) is 0. The molecule has 0 aliphatic heterocycles. The quantitative estimate of drug-likeness (QED) is 0.106. The molecule has 2 aromatic heterocycles. The third kappa shape index (κ3) is 6.46. The van der Waals surface area contributed by atoms with Crippen molar-refractivity contribution in [3.63, 3.8) is 0 Å². The van der Waals surface area contributed by atoms with Gasteiger partial charge in [-0.3, -0.25) is 0 Å². The topological polar surface area (TPSA) is 16.4 Å². The maximum absolute atomic E-state index is 6.14. The van der Waals surface area contributed by atoms with Crippen molar-refractivity contribution in [2.75, 3.05) is 4.90 Å². The highest BCUT2D eigenvalue weighted by molar-refractivity contribution is 7.25. The van der Waals surface area contributed by atoms with Crippen molar-refractivity contribution in [1.29, 1.82) is 0 Å². The molecule has 302 valence electrons. The van der Waals surface area contributed by atoms with Crippen LogP contribution in [0.2, 0.25) is 0 Å². The lowest BCUT2D eigenvalue weighted by atomic mass is 10.0. The van der Waals surface area contributed by atoms with E-state index < -0.39 is 8.07 Å². The van der Waals surface area contributed by atoms with Crippen LogP contribution >= 0.6 is 11.3 Å². The molecule has 0 fully saturated rings. The Morgan fingerprint density at radius 2 is 0.734 bits per heavy atom. The lowest BCUT2D eigenvalue weighted by Crippen LogP contribution is -2.74. The van der Waals surface area contributed by atoms with E-state index in [1.54, 1.807) is 0 Å². The zero-order valence-corrected chi connectivity index (χ0v) is 36.8. The Morgan fingerprint density at radius 1 is 0.297 bits per heavy atom. The fourth-order valence-corrected chi connectivity index (χ4v) is 15.6. The first-order chi connectivity index (χ1) is 31.7. The van der Waals surface area contributed by atoms with Gasteiger partial charge in [-0.2, -0.15) is 0 Å². The summed E-state index contributed by atoms with van der Waals surface area (Å²) in [5, 5.41) is 10.3. The molecule has 0 N–H and O–H groups in total. The van der Waals surface area contributed by atoms with Gasteiger partial charge in [0.05, 0.1) is 0 Å². The molecule has 0 saturated carbocycles. The monoisotopic (exact) mass is 851 g/mol. The van der Waals surface area contributed by atoms with Crippen molar-refractivity contribution in [1.82, 2.24) is 0 Å².